The fraction of sp³-hybridized carbons (Fsp3) is 0.467. The summed E-state index contributed by atoms with van der Waals surface area (Å²) in [6.07, 6.45) is 7.14. The molecule has 5 atom stereocenters. The predicted octanol–water partition coefficient (Wildman–Crippen LogP) is 6.10. The molecule has 3 aliphatic carbocycles. The molecule has 0 aliphatic heterocycles. The first-order valence-corrected chi connectivity index (χ1v) is 12.6. The van der Waals surface area contributed by atoms with Gasteiger partial charge in [0.2, 0.25) is 0 Å². The largest absolute Gasteiger partial charge is 0.497 e. The van der Waals surface area contributed by atoms with Gasteiger partial charge in [-0.3, -0.25) is 9.59 Å². The van der Waals surface area contributed by atoms with Crippen molar-refractivity contribution >= 4 is 18.0 Å². The van der Waals surface area contributed by atoms with Crippen molar-refractivity contribution < 1.29 is 23.8 Å². The van der Waals surface area contributed by atoms with E-state index in [-0.39, 0.29) is 23.5 Å². The quantitative estimate of drug-likeness (QED) is 0.396. The second-order valence-electron chi connectivity index (χ2n) is 10.6. The molecule has 5 heteroatoms. The van der Waals surface area contributed by atoms with Gasteiger partial charge in [0.15, 0.2) is 0 Å². The SMILES string of the molecule is COc1ccc(/C=C2\C[C@@H]3[C@@H]4CCc5cc(OC(C)=O)ccc5[C@@H]4CC[C@]3(C)[C@@H]2OC(C)=O)cc1. The van der Waals surface area contributed by atoms with Gasteiger partial charge >= 0.3 is 11.9 Å². The normalized spacial score (nSPS) is 30.1. The van der Waals surface area contributed by atoms with Crippen molar-refractivity contribution in [1.82, 2.24) is 0 Å². The van der Waals surface area contributed by atoms with Crippen LogP contribution in [-0.2, 0) is 20.7 Å². The fourth-order valence-corrected chi connectivity index (χ4v) is 7.06. The maximum atomic E-state index is 12.2. The zero-order valence-corrected chi connectivity index (χ0v) is 21.0. The number of hydrogen-bond donors (Lipinski definition) is 0. The van der Waals surface area contributed by atoms with Gasteiger partial charge in [-0.2, -0.15) is 0 Å². The number of rotatable bonds is 4. The minimum absolute atomic E-state index is 0.0691. The van der Waals surface area contributed by atoms with E-state index in [9.17, 15) is 9.59 Å². The van der Waals surface area contributed by atoms with Crippen molar-refractivity contribution in [2.75, 3.05) is 7.11 Å². The van der Waals surface area contributed by atoms with E-state index in [2.05, 4.69) is 31.2 Å². The van der Waals surface area contributed by atoms with Gasteiger partial charge in [0.1, 0.15) is 17.6 Å². The topological polar surface area (TPSA) is 61.8 Å². The number of benzene rings is 2. The number of ether oxygens (including phenoxy) is 3. The van der Waals surface area contributed by atoms with Gasteiger partial charge in [0.05, 0.1) is 7.11 Å². The van der Waals surface area contributed by atoms with Crippen molar-refractivity contribution in [3.05, 3.63) is 64.7 Å². The molecular formula is C30H34O5. The molecule has 2 aromatic rings. The van der Waals surface area contributed by atoms with Crippen LogP contribution < -0.4 is 9.47 Å². The number of hydrogen-bond acceptors (Lipinski definition) is 5. The van der Waals surface area contributed by atoms with Gasteiger partial charge in [-0.25, -0.2) is 0 Å². The third-order valence-electron chi connectivity index (χ3n) is 8.54. The van der Waals surface area contributed by atoms with E-state index in [1.165, 1.54) is 30.5 Å². The molecule has 0 spiro atoms. The van der Waals surface area contributed by atoms with Crippen LogP contribution in [0, 0.1) is 17.3 Å². The third-order valence-corrected chi connectivity index (χ3v) is 8.54. The zero-order valence-electron chi connectivity index (χ0n) is 21.0. The molecule has 0 amide bonds. The molecule has 35 heavy (non-hydrogen) atoms. The maximum Gasteiger partial charge on any atom is 0.308 e. The molecule has 2 saturated carbocycles. The molecule has 0 unspecified atom stereocenters. The Bertz CT molecular complexity index is 1160. The number of aryl methyl sites for hydroxylation is 1. The summed E-state index contributed by atoms with van der Waals surface area (Å²) in [4.78, 5) is 23.6. The molecule has 0 saturated heterocycles. The van der Waals surface area contributed by atoms with E-state index in [0.717, 1.165) is 43.4 Å². The minimum atomic E-state index is -0.286. The lowest BCUT2D eigenvalue weighted by Crippen LogP contribution is -2.45. The molecular weight excluding hydrogens is 440 g/mol. The van der Waals surface area contributed by atoms with Crippen molar-refractivity contribution in [2.24, 2.45) is 17.3 Å². The molecule has 184 valence electrons. The molecule has 0 heterocycles. The Kier molecular flexibility index (Phi) is 6.20. The summed E-state index contributed by atoms with van der Waals surface area (Å²) in [6.45, 7) is 5.29. The Balaban J connectivity index is 1.46. The first kappa shape index (κ1) is 23.7. The second kappa shape index (κ2) is 9.18. The summed E-state index contributed by atoms with van der Waals surface area (Å²) in [5, 5.41) is 0. The molecule has 5 rings (SSSR count). The van der Waals surface area contributed by atoms with Gasteiger partial charge in [-0.05, 0) is 96.4 Å². The highest BCUT2D eigenvalue weighted by atomic mass is 16.5. The van der Waals surface area contributed by atoms with Gasteiger partial charge in [-0.15, -0.1) is 0 Å². The smallest absolute Gasteiger partial charge is 0.308 e. The van der Waals surface area contributed by atoms with Crippen LogP contribution in [-0.4, -0.2) is 25.2 Å². The third kappa shape index (κ3) is 4.37. The van der Waals surface area contributed by atoms with E-state index in [1.54, 1.807) is 7.11 Å². The lowest BCUT2D eigenvalue weighted by Gasteiger charge is -2.50. The van der Waals surface area contributed by atoms with Gasteiger partial charge < -0.3 is 14.2 Å². The minimum Gasteiger partial charge on any atom is -0.497 e. The summed E-state index contributed by atoms with van der Waals surface area (Å²) in [7, 11) is 1.67. The van der Waals surface area contributed by atoms with E-state index in [1.807, 2.05) is 24.3 Å². The Hall–Kier alpha value is -3.08. The molecule has 0 aromatic heterocycles. The number of carbonyl (C=O) groups is 2. The van der Waals surface area contributed by atoms with Crippen LogP contribution >= 0.6 is 0 Å². The summed E-state index contributed by atoms with van der Waals surface area (Å²) < 4.78 is 16.7. The highest BCUT2D eigenvalue weighted by Gasteiger charge is 2.58. The van der Waals surface area contributed by atoms with E-state index in [4.69, 9.17) is 14.2 Å². The predicted molar refractivity (Wildman–Crippen MR) is 134 cm³/mol. The van der Waals surface area contributed by atoms with Crippen molar-refractivity contribution in [1.29, 1.82) is 0 Å². The fourth-order valence-electron chi connectivity index (χ4n) is 7.06. The monoisotopic (exact) mass is 474 g/mol. The first-order chi connectivity index (χ1) is 16.8. The number of fused-ring (bicyclic) bond motifs is 5. The molecule has 0 N–H and O–H groups in total. The standard InChI is InChI=1S/C30H34O5/c1-18(31)34-24-10-12-25-21(16-24)7-11-27-26(25)13-14-30(3)28(27)17-22(29(30)35-19(2)32)15-20-5-8-23(33-4)9-6-20/h5-6,8-10,12,15-16,26-29H,7,11,13-14,17H2,1-4H3/b22-15+/t26-,27+,28+,29+,30-/m0/s1. The summed E-state index contributed by atoms with van der Waals surface area (Å²) >= 11 is 0. The lowest BCUT2D eigenvalue weighted by molar-refractivity contribution is -0.152. The van der Waals surface area contributed by atoms with Gasteiger partial charge in [0.25, 0.3) is 0 Å². The zero-order chi connectivity index (χ0) is 24.7. The van der Waals surface area contributed by atoms with Gasteiger partial charge in [-0.1, -0.05) is 31.2 Å². The van der Waals surface area contributed by atoms with E-state index >= 15 is 0 Å². The Labute approximate surface area is 207 Å². The Morgan fingerprint density at radius 2 is 1.74 bits per heavy atom. The van der Waals surface area contributed by atoms with Crippen LogP contribution in [0.4, 0.5) is 0 Å². The van der Waals surface area contributed by atoms with Crippen LogP contribution in [0.1, 0.15) is 69.1 Å². The Morgan fingerprint density at radius 3 is 2.43 bits per heavy atom. The van der Waals surface area contributed by atoms with E-state index < -0.39 is 0 Å². The average Bonchev–Trinajstić information content (AvgIpc) is 3.10. The second-order valence-corrected chi connectivity index (χ2v) is 10.6. The summed E-state index contributed by atoms with van der Waals surface area (Å²) in [6, 6.07) is 14.2. The van der Waals surface area contributed by atoms with E-state index in [0.29, 0.717) is 23.5 Å². The highest BCUT2D eigenvalue weighted by Crippen LogP contribution is 2.63. The van der Waals surface area contributed by atoms with Crippen LogP contribution in [0.25, 0.3) is 6.08 Å². The van der Waals surface area contributed by atoms with Crippen LogP contribution in [0.5, 0.6) is 11.5 Å². The molecule has 0 radical (unpaired) electrons. The van der Waals surface area contributed by atoms with Crippen LogP contribution in [0.3, 0.4) is 0 Å². The first-order valence-electron chi connectivity index (χ1n) is 12.6. The van der Waals surface area contributed by atoms with Crippen molar-refractivity contribution in [3.8, 4) is 11.5 Å². The summed E-state index contributed by atoms with van der Waals surface area (Å²) in [5.41, 5.74) is 4.95. The number of methoxy groups -OCH3 is 1. The van der Waals surface area contributed by atoms with Crippen LogP contribution in [0.2, 0.25) is 0 Å². The summed E-state index contributed by atoms with van der Waals surface area (Å²) in [5.74, 6) is 2.45. The lowest BCUT2D eigenvalue weighted by atomic mass is 9.55. The maximum absolute atomic E-state index is 12.2. The average molecular weight is 475 g/mol. The molecule has 0 bridgehead atoms. The number of carbonyl (C=O) groups excluding carboxylic acids is 2. The van der Waals surface area contributed by atoms with Gasteiger partial charge in [0, 0.05) is 19.3 Å². The van der Waals surface area contributed by atoms with Crippen LogP contribution in [0.15, 0.2) is 48.0 Å². The molecule has 2 fully saturated rings. The Morgan fingerprint density at radius 1 is 1.00 bits per heavy atom. The number of esters is 2. The highest BCUT2D eigenvalue weighted by molar-refractivity contribution is 5.69. The van der Waals surface area contributed by atoms with Crippen molar-refractivity contribution in [2.45, 2.75) is 64.9 Å². The van der Waals surface area contributed by atoms with Crippen molar-refractivity contribution in [3.63, 3.8) is 0 Å². The molecule has 2 aromatic carbocycles. The molecule has 5 nitrogen and oxygen atoms in total. The molecule has 3 aliphatic rings.